The molecule has 0 aliphatic heterocycles. The van der Waals surface area contributed by atoms with Gasteiger partial charge in [-0.1, -0.05) is 12.1 Å². The van der Waals surface area contributed by atoms with Gasteiger partial charge in [0.2, 0.25) is 17.7 Å². The average Bonchev–Trinajstić information content (AvgIpc) is 2.75. The van der Waals surface area contributed by atoms with Crippen molar-refractivity contribution in [2.24, 2.45) is 5.73 Å². The first-order chi connectivity index (χ1) is 15.4. The third kappa shape index (κ3) is 9.78. The maximum atomic E-state index is 12.8. The van der Waals surface area contributed by atoms with Gasteiger partial charge in [0.15, 0.2) is 0 Å². The third-order valence-electron chi connectivity index (χ3n) is 4.56. The summed E-state index contributed by atoms with van der Waals surface area (Å²) in [5.74, 6) is -4.84. The number of carboxylic acid groups (broad SMARTS) is 2. The van der Waals surface area contributed by atoms with Crippen molar-refractivity contribution in [3.63, 3.8) is 0 Å². The molecule has 8 N–H and O–H groups in total. The van der Waals surface area contributed by atoms with E-state index in [1.807, 2.05) is 0 Å². The van der Waals surface area contributed by atoms with E-state index in [0.717, 1.165) is 0 Å². The van der Waals surface area contributed by atoms with Crippen LogP contribution in [0.4, 0.5) is 0 Å². The van der Waals surface area contributed by atoms with Crippen molar-refractivity contribution >= 4 is 42.3 Å². The first-order valence-electron chi connectivity index (χ1n) is 9.94. The van der Waals surface area contributed by atoms with Crippen molar-refractivity contribution < 1.29 is 39.3 Å². The van der Waals surface area contributed by atoms with E-state index < -0.39 is 53.8 Å². The highest BCUT2D eigenvalue weighted by molar-refractivity contribution is 7.80. The molecule has 12 nitrogen and oxygen atoms in total. The van der Waals surface area contributed by atoms with Crippen molar-refractivity contribution in [1.29, 1.82) is 0 Å². The fourth-order valence-electron chi connectivity index (χ4n) is 2.63. The maximum Gasteiger partial charge on any atom is 0.327 e. The second-order valence-corrected chi connectivity index (χ2v) is 7.65. The number of rotatable bonds is 13. The molecule has 0 bridgehead atoms. The van der Waals surface area contributed by atoms with Crippen LogP contribution in [0.25, 0.3) is 0 Å². The zero-order chi connectivity index (χ0) is 25.1. The van der Waals surface area contributed by atoms with Crippen molar-refractivity contribution in [3.8, 4) is 5.75 Å². The first-order valence-corrected chi connectivity index (χ1v) is 10.6. The molecule has 0 aromatic heterocycles. The van der Waals surface area contributed by atoms with Gasteiger partial charge in [0, 0.05) is 18.6 Å². The summed E-state index contributed by atoms with van der Waals surface area (Å²) in [5.41, 5.74) is 6.28. The maximum absolute atomic E-state index is 12.8. The predicted octanol–water partition coefficient (Wildman–Crippen LogP) is -1.38. The predicted molar refractivity (Wildman–Crippen MR) is 120 cm³/mol. The smallest absolute Gasteiger partial charge is 0.327 e. The number of carbonyl (C=O) groups is 5. The Morgan fingerprint density at radius 3 is 2.03 bits per heavy atom. The number of nitrogens with one attached hydrogen (secondary N) is 3. The van der Waals surface area contributed by atoms with E-state index in [1.165, 1.54) is 31.2 Å². The Hall–Kier alpha value is -3.32. The van der Waals surface area contributed by atoms with Crippen LogP contribution in [0, 0.1) is 0 Å². The lowest BCUT2D eigenvalue weighted by atomic mass is 10.0. The molecular formula is C20H28N4O8S. The average molecular weight is 485 g/mol. The topological polar surface area (TPSA) is 208 Å². The number of hydrogen-bond donors (Lipinski definition) is 8. The van der Waals surface area contributed by atoms with Crippen molar-refractivity contribution in [1.82, 2.24) is 16.0 Å². The van der Waals surface area contributed by atoms with Crippen LogP contribution in [0.5, 0.6) is 5.75 Å². The molecular weight excluding hydrogens is 456 g/mol. The van der Waals surface area contributed by atoms with E-state index in [1.54, 1.807) is 0 Å². The van der Waals surface area contributed by atoms with Crippen molar-refractivity contribution in [3.05, 3.63) is 29.8 Å². The molecule has 0 fully saturated rings. The molecule has 0 spiro atoms. The second kappa shape index (κ2) is 13.3. The zero-order valence-electron chi connectivity index (χ0n) is 17.9. The number of carbonyl (C=O) groups excluding carboxylic acids is 3. The molecule has 4 atom stereocenters. The van der Waals surface area contributed by atoms with Gasteiger partial charge in [0.1, 0.15) is 23.9 Å². The fraction of sp³-hybridized carbons (Fsp3) is 0.450. The van der Waals surface area contributed by atoms with Crippen LogP contribution in [-0.2, 0) is 30.4 Å². The standard InChI is InChI=1S/C20H28N4O8S/c1-10(17(28)24-15(9-33)20(31)32)22-19(30)14(8-11-2-4-12(25)5-3-11)23-18(29)13(21)6-7-16(26)27/h2-5,10,13-15,25,33H,6-9,21H2,1H3,(H,22,30)(H,23,29)(H,24,28)(H,26,27)(H,31,32). The number of carboxylic acids is 2. The van der Waals surface area contributed by atoms with Gasteiger partial charge >= 0.3 is 11.9 Å². The molecule has 1 aromatic rings. The number of hydrogen-bond acceptors (Lipinski definition) is 8. The summed E-state index contributed by atoms with van der Waals surface area (Å²) in [4.78, 5) is 59.2. The Balaban J connectivity index is 2.92. The highest BCUT2D eigenvalue weighted by Gasteiger charge is 2.28. The lowest BCUT2D eigenvalue weighted by molar-refractivity contribution is -0.141. The van der Waals surface area contributed by atoms with E-state index in [9.17, 15) is 29.1 Å². The number of benzene rings is 1. The Bertz CT molecular complexity index is 864. The molecule has 182 valence electrons. The van der Waals surface area contributed by atoms with Gasteiger partial charge in [-0.3, -0.25) is 19.2 Å². The quantitative estimate of drug-likeness (QED) is 0.155. The van der Waals surface area contributed by atoms with Crippen LogP contribution in [0.1, 0.15) is 25.3 Å². The number of aromatic hydroxyl groups is 1. The Morgan fingerprint density at radius 2 is 1.52 bits per heavy atom. The van der Waals surface area contributed by atoms with Gasteiger partial charge in [0.25, 0.3) is 0 Å². The van der Waals surface area contributed by atoms with Gasteiger partial charge < -0.3 is 37.0 Å². The molecule has 1 aromatic carbocycles. The lowest BCUT2D eigenvalue weighted by Gasteiger charge is -2.23. The molecule has 4 unspecified atom stereocenters. The van der Waals surface area contributed by atoms with E-state index >= 15 is 0 Å². The molecule has 1 rings (SSSR count). The van der Waals surface area contributed by atoms with E-state index in [0.29, 0.717) is 5.56 Å². The van der Waals surface area contributed by atoms with Gasteiger partial charge in [-0.05, 0) is 31.0 Å². The fourth-order valence-corrected chi connectivity index (χ4v) is 2.88. The molecule has 0 aliphatic carbocycles. The summed E-state index contributed by atoms with van der Waals surface area (Å²) >= 11 is 3.85. The largest absolute Gasteiger partial charge is 0.508 e. The molecule has 0 heterocycles. The van der Waals surface area contributed by atoms with Gasteiger partial charge in [-0.15, -0.1) is 0 Å². The summed E-state index contributed by atoms with van der Waals surface area (Å²) in [6, 6.07) is 1.10. The molecule has 13 heteroatoms. The zero-order valence-corrected chi connectivity index (χ0v) is 18.7. The highest BCUT2D eigenvalue weighted by atomic mass is 32.1. The summed E-state index contributed by atoms with van der Waals surface area (Å²) in [7, 11) is 0. The van der Waals surface area contributed by atoms with Gasteiger partial charge in [-0.25, -0.2) is 4.79 Å². The minimum atomic E-state index is -1.29. The van der Waals surface area contributed by atoms with Crippen LogP contribution in [0.2, 0.25) is 0 Å². The third-order valence-corrected chi connectivity index (χ3v) is 4.93. The number of aliphatic carboxylic acids is 2. The normalized spacial score (nSPS) is 14.3. The van der Waals surface area contributed by atoms with Crippen LogP contribution >= 0.6 is 12.6 Å². The van der Waals surface area contributed by atoms with Crippen LogP contribution in [-0.4, -0.2) is 74.9 Å². The van der Waals surface area contributed by atoms with Crippen molar-refractivity contribution in [2.75, 3.05) is 5.75 Å². The number of thiol groups is 1. The SMILES string of the molecule is CC(NC(=O)C(Cc1ccc(O)cc1)NC(=O)C(N)CCC(=O)O)C(=O)NC(CS)C(=O)O. The molecule has 33 heavy (non-hydrogen) atoms. The minimum absolute atomic E-state index is 0.00180. The van der Waals surface area contributed by atoms with Crippen LogP contribution in [0.3, 0.4) is 0 Å². The molecule has 3 amide bonds. The van der Waals surface area contributed by atoms with Gasteiger partial charge in [0.05, 0.1) is 6.04 Å². The summed E-state index contributed by atoms with van der Waals surface area (Å²) in [6.07, 6.45) is -0.503. The Kier molecular flexibility index (Phi) is 11.2. The lowest BCUT2D eigenvalue weighted by Crippen LogP contribution is -2.57. The number of nitrogens with two attached hydrogens (primary N) is 1. The number of phenolic OH excluding ortho intramolecular Hbond substituents is 1. The Labute approximate surface area is 195 Å². The highest BCUT2D eigenvalue weighted by Crippen LogP contribution is 2.12. The molecule has 0 aliphatic rings. The number of phenols is 1. The van der Waals surface area contributed by atoms with Crippen LogP contribution < -0.4 is 21.7 Å². The second-order valence-electron chi connectivity index (χ2n) is 7.28. The Morgan fingerprint density at radius 1 is 0.939 bits per heavy atom. The van der Waals surface area contributed by atoms with E-state index in [4.69, 9.17) is 15.9 Å². The summed E-state index contributed by atoms with van der Waals surface area (Å²) in [5, 5.41) is 34.3. The van der Waals surface area contributed by atoms with Crippen LogP contribution in [0.15, 0.2) is 24.3 Å². The minimum Gasteiger partial charge on any atom is -0.508 e. The summed E-state index contributed by atoms with van der Waals surface area (Å²) < 4.78 is 0. The van der Waals surface area contributed by atoms with Crippen molar-refractivity contribution in [2.45, 2.75) is 50.4 Å². The molecule has 0 radical (unpaired) electrons. The monoisotopic (exact) mass is 484 g/mol. The van der Waals surface area contributed by atoms with Gasteiger partial charge in [-0.2, -0.15) is 12.6 Å². The molecule has 0 saturated carbocycles. The number of amides is 3. The molecule has 0 saturated heterocycles. The van der Waals surface area contributed by atoms with E-state index in [-0.39, 0.29) is 30.8 Å². The first kappa shape index (κ1) is 27.7. The summed E-state index contributed by atoms with van der Waals surface area (Å²) in [6.45, 7) is 1.34. The van der Waals surface area contributed by atoms with E-state index in [2.05, 4.69) is 28.6 Å².